The third kappa shape index (κ3) is 3.04. The van der Waals surface area contributed by atoms with Crippen molar-refractivity contribution in [2.75, 3.05) is 0 Å². The van der Waals surface area contributed by atoms with Crippen molar-refractivity contribution in [2.24, 2.45) is 39.4 Å². The molecule has 1 heterocycles. The predicted molar refractivity (Wildman–Crippen MR) is 135 cm³/mol. The van der Waals surface area contributed by atoms with Gasteiger partial charge in [-0.3, -0.25) is 0 Å². The van der Waals surface area contributed by atoms with Gasteiger partial charge in [-0.25, -0.2) is 0 Å². The molecule has 4 aliphatic carbocycles. The van der Waals surface area contributed by atoms with Crippen LogP contribution in [0.25, 0.3) is 0 Å². The number of aliphatic hydroxyl groups excluding tert-OH is 2. The molecule has 3 fully saturated rings. The van der Waals surface area contributed by atoms with Crippen LogP contribution in [0.5, 0.6) is 0 Å². The molecule has 4 nitrogen and oxygen atoms in total. The fourth-order valence-electron chi connectivity index (χ4n) is 9.89. The summed E-state index contributed by atoms with van der Waals surface area (Å²) in [5.41, 5.74) is -0.0266. The number of allylic oxidation sites excluding steroid dienone is 2. The third-order valence-electron chi connectivity index (χ3n) is 12.1. The van der Waals surface area contributed by atoms with Gasteiger partial charge in [0.05, 0.1) is 29.5 Å². The van der Waals surface area contributed by atoms with Crippen LogP contribution in [0.3, 0.4) is 0 Å². The first-order chi connectivity index (χ1) is 15.5. The van der Waals surface area contributed by atoms with Crippen LogP contribution in [0.1, 0.15) is 93.9 Å². The van der Waals surface area contributed by atoms with Crippen LogP contribution in [0.15, 0.2) is 23.8 Å². The van der Waals surface area contributed by atoms with E-state index in [-0.39, 0.29) is 33.7 Å². The Morgan fingerprint density at radius 1 is 0.941 bits per heavy atom. The van der Waals surface area contributed by atoms with Crippen LogP contribution in [0.2, 0.25) is 0 Å². The van der Waals surface area contributed by atoms with Crippen molar-refractivity contribution in [3.05, 3.63) is 23.8 Å². The van der Waals surface area contributed by atoms with Gasteiger partial charge in [-0.05, 0) is 81.5 Å². The summed E-state index contributed by atoms with van der Waals surface area (Å²) in [6.45, 7) is 17.6. The minimum absolute atomic E-state index is 0.000646. The van der Waals surface area contributed by atoms with Crippen molar-refractivity contribution >= 4 is 0 Å². The second-order valence-corrected chi connectivity index (χ2v) is 14.7. The average Bonchev–Trinajstić information content (AvgIpc) is 3.20. The summed E-state index contributed by atoms with van der Waals surface area (Å²) in [5.74, 6) is 0.880. The Morgan fingerprint density at radius 3 is 2.24 bits per heavy atom. The molecule has 5 rings (SSSR count). The summed E-state index contributed by atoms with van der Waals surface area (Å²) in [4.78, 5) is 0. The Bertz CT molecular complexity index is 913. The van der Waals surface area contributed by atoms with Crippen molar-refractivity contribution in [3.8, 4) is 0 Å². The quantitative estimate of drug-likeness (QED) is 0.470. The van der Waals surface area contributed by atoms with Crippen LogP contribution in [-0.4, -0.2) is 44.8 Å². The van der Waals surface area contributed by atoms with E-state index in [1.807, 2.05) is 19.9 Å². The Labute approximate surface area is 206 Å². The first-order valence-electron chi connectivity index (χ1n) is 13.7. The van der Waals surface area contributed by atoms with Gasteiger partial charge in [0.2, 0.25) is 0 Å². The molecular formula is C30H48O4. The number of hydrogen-bond donors (Lipinski definition) is 3. The molecule has 192 valence electrons. The molecule has 0 aromatic carbocycles. The molecule has 0 radical (unpaired) electrons. The first-order valence-corrected chi connectivity index (χ1v) is 13.7. The Hall–Kier alpha value is -0.680. The molecule has 0 bridgehead atoms. The zero-order valence-electron chi connectivity index (χ0n) is 22.7. The molecule has 10 atom stereocenters. The van der Waals surface area contributed by atoms with Crippen LogP contribution in [0, 0.1) is 39.4 Å². The lowest BCUT2D eigenvalue weighted by Crippen LogP contribution is -2.60. The van der Waals surface area contributed by atoms with Crippen molar-refractivity contribution in [1.82, 2.24) is 0 Å². The van der Waals surface area contributed by atoms with E-state index in [1.54, 1.807) is 0 Å². The molecule has 1 saturated heterocycles. The fraction of sp³-hybridized carbons (Fsp3) is 0.867. The molecule has 2 saturated carbocycles. The van der Waals surface area contributed by atoms with Gasteiger partial charge in [-0.15, -0.1) is 0 Å². The molecule has 1 aliphatic heterocycles. The van der Waals surface area contributed by atoms with Crippen molar-refractivity contribution in [1.29, 1.82) is 0 Å². The number of fused-ring (bicyclic) bond motifs is 5. The molecule has 4 heteroatoms. The molecule has 5 aliphatic rings. The number of aliphatic hydroxyl groups is 3. The molecule has 34 heavy (non-hydrogen) atoms. The number of ether oxygens (including phenoxy) is 1. The van der Waals surface area contributed by atoms with Gasteiger partial charge in [0.1, 0.15) is 0 Å². The van der Waals surface area contributed by atoms with Crippen molar-refractivity contribution in [3.63, 3.8) is 0 Å². The van der Waals surface area contributed by atoms with Crippen LogP contribution >= 0.6 is 0 Å². The summed E-state index contributed by atoms with van der Waals surface area (Å²) in [6, 6.07) is 0. The minimum Gasteiger partial charge on any atom is -0.393 e. The number of rotatable bonds is 2. The highest BCUT2D eigenvalue weighted by Gasteiger charge is 2.72. The lowest BCUT2D eigenvalue weighted by molar-refractivity contribution is -0.191. The van der Waals surface area contributed by atoms with Gasteiger partial charge in [0, 0.05) is 17.3 Å². The highest BCUT2D eigenvalue weighted by molar-refractivity contribution is 5.36. The summed E-state index contributed by atoms with van der Waals surface area (Å²) >= 11 is 0. The highest BCUT2D eigenvalue weighted by Crippen LogP contribution is 2.75. The summed E-state index contributed by atoms with van der Waals surface area (Å²) in [5, 5.41) is 33.0. The van der Waals surface area contributed by atoms with Crippen LogP contribution in [0.4, 0.5) is 0 Å². The fourth-order valence-corrected chi connectivity index (χ4v) is 9.89. The third-order valence-corrected chi connectivity index (χ3v) is 12.1. The Morgan fingerprint density at radius 2 is 1.62 bits per heavy atom. The maximum absolute atomic E-state index is 11.7. The maximum atomic E-state index is 11.7. The Balaban J connectivity index is 1.53. The van der Waals surface area contributed by atoms with E-state index in [2.05, 4.69) is 53.7 Å². The normalized spacial score (nSPS) is 54.3. The molecule has 3 N–H and O–H groups in total. The predicted octanol–water partition coefficient (Wildman–Crippen LogP) is 5.41. The molecule has 0 amide bonds. The van der Waals surface area contributed by atoms with Crippen LogP contribution in [-0.2, 0) is 4.74 Å². The summed E-state index contributed by atoms with van der Waals surface area (Å²) < 4.78 is 6.65. The molecular weight excluding hydrogens is 424 g/mol. The van der Waals surface area contributed by atoms with E-state index in [9.17, 15) is 15.3 Å². The first kappa shape index (κ1) is 25.0. The Kier molecular flexibility index (Phi) is 5.30. The minimum atomic E-state index is -0.869. The second kappa shape index (κ2) is 7.21. The highest BCUT2D eigenvalue weighted by atomic mass is 16.5. The standard InChI is InChI=1S/C30H48O4/c1-25(2)18-9-11-21-27(5,19(18)10-12-22(25)32)15-16-28(6)24(20(31)17-29(21,28)7)30(8)14-13-23(34-30)26(3,4)33/h9-10,12,19-24,31-33H,11,13-17H2,1-8H3/t19-,20-,21+,22-,23-,24-,27-,28+,29-,30+/m0/s1. The van der Waals surface area contributed by atoms with E-state index in [0.29, 0.717) is 11.8 Å². The van der Waals surface area contributed by atoms with Crippen molar-refractivity contribution < 1.29 is 20.1 Å². The van der Waals surface area contributed by atoms with E-state index < -0.39 is 23.4 Å². The smallest absolute Gasteiger partial charge is 0.0865 e. The van der Waals surface area contributed by atoms with E-state index in [0.717, 1.165) is 38.5 Å². The lowest BCUT2D eigenvalue weighted by atomic mass is 9.39. The van der Waals surface area contributed by atoms with Crippen LogP contribution < -0.4 is 0 Å². The molecule has 0 spiro atoms. The summed E-state index contributed by atoms with van der Waals surface area (Å²) in [6.07, 6.45) is 11.5. The largest absolute Gasteiger partial charge is 0.393 e. The zero-order chi connectivity index (χ0) is 25.1. The van der Waals surface area contributed by atoms with Gasteiger partial charge >= 0.3 is 0 Å². The van der Waals surface area contributed by atoms with Crippen molar-refractivity contribution in [2.45, 2.75) is 123 Å². The van der Waals surface area contributed by atoms with Gasteiger partial charge in [0.15, 0.2) is 0 Å². The SMILES string of the molecule is CC(C)(O)[C@@H]1CC[C@](C)([C@H]2[C@@H](O)C[C@@]3(C)[C@@H]4CC=C5[C@H](C=C[C@H](O)C5(C)C)[C@]4(C)CC[C@]23C)O1. The van der Waals surface area contributed by atoms with Gasteiger partial charge in [0.25, 0.3) is 0 Å². The molecule has 0 aromatic heterocycles. The second-order valence-electron chi connectivity index (χ2n) is 14.7. The van der Waals surface area contributed by atoms with E-state index in [1.165, 1.54) is 5.57 Å². The average molecular weight is 473 g/mol. The monoisotopic (exact) mass is 472 g/mol. The van der Waals surface area contributed by atoms with E-state index >= 15 is 0 Å². The maximum Gasteiger partial charge on any atom is 0.0865 e. The summed E-state index contributed by atoms with van der Waals surface area (Å²) in [7, 11) is 0. The topological polar surface area (TPSA) is 69.9 Å². The zero-order valence-corrected chi connectivity index (χ0v) is 22.7. The van der Waals surface area contributed by atoms with Gasteiger partial charge in [-0.1, -0.05) is 58.4 Å². The van der Waals surface area contributed by atoms with Gasteiger partial charge in [-0.2, -0.15) is 0 Å². The van der Waals surface area contributed by atoms with E-state index in [4.69, 9.17) is 4.74 Å². The lowest BCUT2D eigenvalue weighted by Gasteiger charge is -2.65. The number of hydrogen-bond acceptors (Lipinski definition) is 4. The molecule has 0 aromatic rings. The van der Waals surface area contributed by atoms with Gasteiger partial charge < -0.3 is 20.1 Å². The molecule has 0 unspecified atom stereocenters.